The number of hydrogen-bond donors (Lipinski definition) is 4. The fraction of sp³-hybridized carbons (Fsp3) is 0.750. The second kappa shape index (κ2) is 6.20. The van der Waals surface area contributed by atoms with Gasteiger partial charge < -0.3 is 10.4 Å². The molecule has 0 aliphatic rings. The van der Waals surface area contributed by atoms with Gasteiger partial charge >= 0.3 is 6.09 Å². The van der Waals surface area contributed by atoms with Crippen molar-refractivity contribution < 1.29 is 14.7 Å². The van der Waals surface area contributed by atoms with Crippen molar-refractivity contribution >= 4 is 12.0 Å². The summed E-state index contributed by atoms with van der Waals surface area (Å²) in [6.45, 7) is 3.84. The zero-order chi connectivity index (χ0) is 11.1. The summed E-state index contributed by atoms with van der Waals surface area (Å²) >= 11 is 0. The van der Waals surface area contributed by atoms with E-state index in [9.17, 15) is 9.59 Å². The maximum atomic E-state index is 11.3. The number of amides is 2. The largest absolute Gasteiger partial charge is 0.465 e. The minimum Gasteiger partial charge on any atom is -0.465 e. The van der Waals surface area contributed by atoms with Crippen LogP contribution in [-0.2, 0) is 4.79 Å². The SMILES string of the molecule is CNNC(=O)[C@H](CC(C)C)NC(=O)O. The van der Waals surface area contributed by atoms with Gasteiger partial charge in [-0.05, 0) is 12.3 Å². The van der Waals surface area contributed by atoms with Gasteiger partial charge in [0.15, 0.2) is 0 Å². The third-order valence-corrected chi connectivity index (χ3v) is 1.57. The van der Waals surface area contributed by atoms with Gasteiger partial charge in [0.2, 0.25) is 0 Å². The molecule has 0 aliphatic carbocycles. The Hall–Kier alpha value is -1.30. The lowest BCUT2D eigenvalue weighted by atomic mass is 10.0. The molecule has 2 amide bonds. The molecule has 0 saturated carbocycles. The maximum Gasteiger partial charge on any atom is 0.405 e. The van der Waals surface area contributed by atoms with Crippen LogP contribution < -0.4 is 16.2 Å². The van der Waals surface area contributed by atoms with Crippen molar-refractivity contribution in [2.75, 3.05) is 7.05 Å². The topological polar surface area (TPSA) is 90.5 Å². The molecule has 0 aromatic carbocycles. The van der Waals surface area contributed by atoms with Gasteiger partial charge in [-0.15, -0.1) is 0 Å². The third kappa shape index (κ3) is 5.36. The van der Waals surface area contributed by atoms with Crippen molar-refractivity contribution in [3.8, 4) is 0 Å². The standard InChI is InChI=1S/C8H17N3O3/c1-5(2)4-6(10-8(13)14)7(12)11-9-3/h5-6,9-10H,4H2,1-3H3,(H,11,12)(H,13,14)/t6-/m0/s1. The summed E-state index contributed by atoms with van der Waals surface area (Å²) < 4.78 is 0. The molecule has 0 aliphatic heterocycles. The first-order valence-corrected chi connectivity index (χ1v) is 4.43. The normalized spacial score (nSPS) is 12.3. The Balaban J connectivity index is 4.22. The molecule has 0 unspecified atom stereocenters. The Morgan fingerprint density at radius 2 is 1.93 bits per heavy atom. The van der Waals surface area contributed by atoms with Crippen molar-refractivity contribution in [1.29, 1.82) is 0 Å². The van der Waals surface area contributed by atoms with E-state index in [0.717, 1.165) is 0 Å². The van der Waals surface area contributed by atoms with E-state index in [1.807, 2.05) is 13.8 Å². The highest BCUT2D eigenvalue weighted by molar-refractivity contribution is 5.84. The summed E-state index contributed by atoms with van der Waals surface area (Å²) in [6, 6.07) is -0.708. The van der Waals surface area contributed by atoms with Crippen molar-refractivity contribution in [3.63, 3.8) is 0 Å². The molecule has 0 radical (unpaired) electrons. The van der Waals surface area contributed by atoms with Gasteiger partial charge in [0, 0.05) is 7.05 Å². The summed E-state index contributed by atoms with van der Waals surface area (Å²) in [6.07, 6.45) is -0.721. The van der Waals surface area contributed by atoms with E-state index in [1.54, 1.807) is 7.05 Å². The van der Waals surface area contributed by atoms with Crippen molar-refractivity contribution in [2.24, 2.45) is 5.92 Å². The van der Waals surface area contributed by atoms with Crippen LogP contribution in [0.2, 0.25) is 0 Å². The van der Waals surface area contributed by atoms with Crippen LogP contribution in [-0.4, -0.2) is 30.2 Å². The predicted molar refractivity (Wildman–Crippen MR) is 51.6 cm³/mol. The van der Waals surface area contributed by atoms with Gasteiger partial charge in [0.1, 0.15) is 6.04 Å². The molecule has 14 heavy (non-hydrogen) atoms. The van der Waals surface area contributed by atoms with E-state index in [1.165, 1.54) is 0 Å². The van der Waals surface area contributed by atoms with E-state index in [0.29, 0.717) is 6.42 Å². The molecule has 0 bridgehead atoms. The predicted octanol–water partition coefficient (Wildman–Crippen LogP) is -0.0807. The van der Waals surface area contributed by atoms with Crippen LogP contribution in [0.4, 0.5) is 4.79 Å². The fourth-order valence-corrected chi connectivity index (χ4v) is 1.06. The van der Waals surface area contributed by atoms with Crippen LogP contribution >= 0.6 is 0 Å². The molecule has 6 nitrogen and oxygen atoms in total. The molecule has 6 heteroatoms. The summed E-state index contributed by atoms with van der Waals surface area (Å²) in [7, 11) is 1.55. The molecular weight excluding hydrogens is 186 g/mol. The van der Waals surface area contributed by atoms with Gasteiger partial charge in [-0.3, -0.25) is 10.2 Å². The molecule has 1 atom stereocenters. The molecule has 0 aromatic heterocycles. The minimum absolute atomic E-state index is 0.245. The molecule has 0 saturated heterocycles. The maximum absolute atomic E-state index is 11.3. The number of carboxylic acid groups (broad SMARTS) is 1. The average Bonchev–Trinajstić information content (AvgIpc) is 2.01. The zero-order valence-electron chi connectivity index (χ0n) is 8.63. The molecule has 4 N–H and O–H groups in total. The summed E-state index contributed by atoms with van der Waals surface area (Å²) in [4.78, 5) is 21.7. The lowest BCUT2D eigenvalue weighted by Crippen LogP contribution is -2.50. The van der Waals surface area contributed by atoms with Crippen LogP contribution in [0.15, 0.2) is 0 Å². The van der Waals surface area contributed by atoms with E-state index >= 15 is 0 Å². The second-order valence-corrected chi connectivity index (χ2v) is 3.37. The van der Waals surface area contributed by atoms with E-state index < -0.39 is 12.1 Å². The molecule has 0 rings (SSSR count). The van der Waals surface area contributed by atoms with Crippen LogP contribution in [0.3, 0.4) is 0 Å². The van der Waals surface area contributed by atoms with Gasteiger partial charge in [-0.1, -0.05) is 13.8 Å². The molecular formula is C8H17N3O3. The summed E-state index contributed by atoms with van der Waals surface area (Å²) in [5, 5.41) is 10.7. The Morgan fingerprint density at radius 1 is 1.36 bits per heavy atom. The van der Waals surface area contributed by atoms with Gasteiger partial charge in [-0.2, -0.15) is 0 Å². The second-order valence-electron chi connectivity index (χ2n) is 3.37. The highest BCUT2D eigenvalue weighted by Crippen LogP contribution is 2.04. The molecule has 82 valence electrons. The third-order valence-electron chi connectivity index (χ3n) is 1.57. The first-order valence-electron chi connectivity index (χ1n) is 4.43. The van der Waals surface area contributed by atoms with Crippen LogP contribution in [0.25, 0.3) is 0 Å². The Labute approximate surface area is 83.0 Å². The molecule has 0 fully saturated rings. The minimum atomic E-state index is -1.19. The first kappa shape index (κ1) is 12.7. The number of hydrazine groups is 1. The van der Waals surface area contributed by atoms with E-state index in [4.69, 9.17) is 5.11 Å². The number of hydrogen-bond acceptors (Lipinski definition) is 3. The van der Waals surface area contributed by atoms with Gasteiger partial charge in [0.05, 0.1) is 0 Å². The van der Waals surface area contributed by atoms with Gasteiger partial charge in [-0.25, -0.2) is 10.2 Å². The fourth-order valence-electron chi connectivity index (χ4n) is 1.06. The van der Waals surface area contributed by atoms with Crippen LogP contribution in [0.1, 0.15) is 20.3 Å². The number of carbonyl (C=O) groups is 2. The smallest absolute Gasteiger partial charge is 0.405 e. The summed E-state index contributed by atoms with van der Waals surface area (Å²) in [5.41, 5.74) is 4.80. The quantitative estimate of drug-likeness (QED) is 0.470. The average molecular weight is 203 g/mol. The monoisotopic (exact) mass is 203 g/mol. The molecule has 0 aromatic rings. The van der Waals surface area contributed by atoms with Crippen molar-refractivity contribution in [2.45, 2.75) is 26.3 Å². The molecule has 0 spiro atoms. The van der Waals surface area contributed by atoms with Crippen molar-refractivity contribution in [1.82, 2.24) is 16.2 Å². The lowest BCUT2D eigenvalue weighted by Gasteiger charge is -2.17. The Bertz CT molecular complexity index is 206. The molecule has 0 heterocycles. The van der Waals surface area contributed by atoms with E-state index in [-0.39, 0.29) is 11.8 Å². The number of nitrogens with one attached hydrogen (secondary N) is 3. The Morgan fingerprint density at radius 3 is 2.29 bits per heavy atom. The first-order chi connectivity index (χ1) is 6.47. The highest BCUT2D eigenvalue weighted by Gasteiger charge is 2.20. The summed E-state index contributed by atoms with van der Waals surface area (Å²) in [5.74, 6) is -0.127. The highest BCUT2D eigenvalue weighted by atomic mass is 16.4. The van der Waals surface area contributed by atoms with E-state index in [2.05, 4.69) is 16.2 Å². The lowest BCUT2D eigenvalue weighted by molar-refractivity contribution is -0.124. The Kier molecular flexibility index (Phi) is 5.62. The number of rotatable bonds is 5. The van der Waals surface area contributed by atoms with Crippen LogP contribution in [0, 0.1) is 5.92 Å². The van der Waals surface area contributed by atoms with Crippen LogP contribution in [0.5, 0.6) is 0 Å². The zero-order valence-corrected chi connectivity index (χ0v) is 8.63. The van der Waals surface area contributed by atoms with Gasteiger partial charge in [0.25, 0.3) is 5.91 Å². The van der Waals surface area contributed by atoms with Crippen molar-refractivity contribution in [3.05, 3.63) is 0 Å². The number of carbonyl (C=O) groups excluding carboxylic acids is 1.